The van der Waals surface area contributed by atoms with Gasteiger partial charge in [0, 0.05) is 6.42 Å². The molecule has 2 fully saturated rings. The molecule has 31 heavy (non-hydrogen) atoms. The fourth-order valence-electron chi connectivity index (χ4n) is 4.11. The zero-order valence-electron chi connectivity index (χ0n) is 21.0. The number of aliphatic hydroxyl groups is 1. The van der Waals surface area contributed by atoms with Crippen LogP contribution in [0.3, 0.4) is 0 Å². The maximum absolute atomic E-state index is 10.4. The Hall–Kier alpha value is -0.383. The van der Waals surface area contributed by atoms with E-state index < -0.39 is 14.4 Å². The second-order valence-corrected chi connectivity index (χ2v) is 15.8. The van der Waals surface area contributed by atoms with Crippen molar-refractivity contribution in [2.45, 2.75) is 147 Å². The van der Waals surface area contributed by atoms with Crippen LogP contribution in [-0.2, 0) is 13.9 Å². The van der Waals surface area contributed by atoms with E-state index in [1.165, 1.54) is 32.1 Å². The summed E-state index contributed by atoms with van der Waals surface area (Å²) in [5, 5.41) is 10.7. The van der Waals surface area contributed by atoms with Crippen LogP contribution in [0.2, 0.25) is 18.1 Å². The molecule has 5 heteroatoms. The van der Waals surface area contributed by atoms with Crippen molar-refractivity contribution in [1.82, 2.24) is 0 Å². The number of rotatable bonds is 11. The van der Waals surface area contributed by atoms with Crippen molar-refractivity contribution in [1.29, 1.82) is 0 Å². The van der Waals surface area contributed by atoms with E-state index >= 15 is 0 Å². The number of hydrogen-bond donors (Lipinski definition) is 1. The van der Waals surface area contributed by atoms with Crippen molar-refractivity contribution < 1.29 is 19.0 Å². The standard InChI is InChI=1S/C26H48O4Si/c1-7-8-9-10-11-12-13-14-15-22(27)23-18-19-25(30-23)24-17-16-21(29-24)20-28-31(5,6)26(2,3)4/h21-25,27H,7-13,16-20H2,1-6H3/t21-,22+,23-,24-,25-/m1/s1. The second kappa shape index (κ2) is 12.7. The Bertz CT molecular complexity index is 574. The molecule has 2 saturated heterocycles. The van der Waals surface area contributed by atoms with Gasteiger partial charge in [-0.05, 0) is 50.2 Å². The SMILES string of the molecule is CCCCCCCCC#C[C@H](O)[C@H]1CC[C@H]([C@H]2CC[C@H](CO[Si](C)(C)C(C)(C)C)O2)O1. The summed E-state index contributed by atoms with van der Waals surface area (Å²) in [4.78, 5) is 0. The summed E-state index contributed by atoms with van der Waals surface area (Å²) in [5.74, 6) is 6.19. The van der Waals surface area contributed by atoms with Crippen LogP contribution in [0.15, 0.2) is 0 Å². The summed E-state index contributed by atoms with van der Waals surface area (Å²) in [6, 6.07) is 0. The highest BCUT2D eigenvalue weighted by Gasteiger charge is 2.41. The lowest BCUT2D eigenvalue weighted by atomic mass is 10.1. The molecule has 0 bridgehead atoms. The molecule has 1 N–H and O–H groups in total. The molecule has 180 valence electrons. The van der Waals surface area contributed by atoms with Crippen LogP contribution in [-0.4, -0.2) is 50.6 Å². The first-order chi connectivity index (χ1) is 14.6. The fourth-order valence-corrected chi connectivity index (χ4v) is 5.14. The van der Waals surface area contributed by atoms with Gasteiger partial charge < -0.3 is 19.0 Å². The van der Waals surface area contributed by atoms with Crippen molar-refractivity contribution in [2.24, 2.45) is 0 Å². The van der Waals surface area contributed by atoms with Crippen LogP contribution in [0.5, 0.6) is 0 Å². The van der Waals surface area contributed by atoms with Crippen molar-refractivity contribution in [2.75, 3.05) is 6.61 Å². The second-order valence-electron chi connectivity index (χ2n) is 11.0. The molecule has 0 spiro atoms. The molecule has 0 amide bonds. The van der Waals surface area contributed by atoms with Gasteiger partial charge in [-0.15, -0.1) is 5.92 Å². The number of hydrogen-bond acceptors (Lipinski definition) is 4. The molecule has 0 radical (unpaired) electrons. The van der Waals surface area contributed by atoms with Gasteiger partial charge in [0.05, 0.1) is 31.0 Å². The monoisotopic (exact) mass is 452 g/mol. The summed E-state index contributed by atoms with van der Waals surface area (Å²) in [6.45, 7) is 14.3. The number of aliphatic hydroxyl groups excluding tert-OH is 1. The van der Waals surface area contributed by atoms with Gasteiger partial charge in [-0.3, -0.25) is 0 Å². The van der Waals surface area contributed by atoms with E-state index in [9.17, 15) is 5.11 Å². The zero-order valence-corrected chi connectivity index (χ0v) is 22.0. The van der Waals surface area contributed by atoms with Gasteiger partial charge in [-0.1, -0.05) is 65.7 Å². The minimum atomic E-state index is -1.74. The molecule has 5 atom stereocenters. The Balaban J connectivity index is 1.66. The van der Waals surface area contributed by atoms with Gasteiger partial charge in [-0.25, -0.2) is 0 Å². The smallest absolute Gasteiger partial charge is 0.192 e. The molecule has 0 aromatic rings. The van der Waals surface area contributed by atoms with E-state index in [1.54, 1.807) is 0 Å². The van der Waals surface area contributed by atoms with Crippen LogP contribution in [0.1, 0.15) is 98.3 Å². The summed E-state index contributed by atoms with van der Waals surface area (Å²) in [7, 11) is -1.74. The summed E-state index contributed by atoms with van der Waals surface area (Å²) >= 11 is 0. The molecule has 2 aliphatic heterocycles. The molecule has 2 rings (SSSR count). The molecule has 2 heterocycles. The number of ether oxygens (including phenoxy) is 2. The fraction of sp³-hybridized carbons (Fsp3) is 0.923. The molecule has 0 aromatic heterocycles. The Kier molecular flexibility index (Phi) is 11.0. The average molecular weight is 453 g/mol. The predicted octanol–water partition coefficient (Wildman–Crippen LogP) is 6.22. The van der Waals surface area contributed by atoms with Gasteiger partial charge in [0.25, 0.3) is 0 Å². The first-order valence-electron chi connectivity index (χ1n) is 12.8. The maximum atomic E-state index is 10.4. The van der Waals surface area contributed by atoms with Crippen LogP contribution in [0.25, 0.3) is 0 Å². The topological polar surface area (TPSA) is 47.9 Å². The Labute approximate surface area is 192 Å². The molecular formula is C26H48O4Si. The molecule has 0 aliphatic carbocycles. The van der Waals surface area contributed by atoms with Gasteiger partial charge >= 0.3 is 0 Å². The third-order valence-corrected chi connectivity index (χ3v) is 11.8. The Morgan fingerprint density at radius 2 is 1.61 bits per heavy atom. The van der Waals surface area contributed by atoms with Crippen molar-refractivity contribution in [3.8, 4) is 11.8 Å². The van der Waals surface area contributed by atoms with Crippen LogP contribution >= 0.6 is 0 Å². The molecule has 2 aliphatic rings. The quantitative estimate of drug-likeness (QED) is 0.230. The third-order valence-electron chi connectivity index (χ3n) is 7.33. The molecular weight excluding hydrogens is 404 g/mol. The van der Waals surface area contributed by atoms with Crippen molar-refractivity contribution >= 4 is 8.32 Å². The first-order valence-corrected chi connectivity index (χ1v) is 15.7. The van der Waals surface area contributed by atoms with Gasteiger partial charge in [0.15, 0.2) is 8.32 Å². The molecule has 0 unspecified atom stereocenters. The zero-order chi connectivity index (χ0) is 22.9. The largest absolute Gasteiger partial charge is 0.414 e. The average Bonchev–Trinajstić information content (AvgIpc) is 3.37. The van der Waals surface area contributed by atoms with E-state index in [0.717, 1.165) is 38.5 Å². The Morgan fingerprint density at radius 3 is 2.32 bits per heavy atom. The summed E-state index contributed by atoms with van der Waals surface area (Å²) < 4.78 is 18.8. The lowest BCUT2D eigenvalue weighted by Crippen LogP contribution is -2.42. The highest BCUT2D eigenvalue weighted by Crippen LogP contribution is 2.38. The van der Waals surface area contributed by atoms with Crippen molar-refractivity contribution in [3.63, 3.8) is 0 Å². The number of unbranched alkanes of at least 4 members (excludes halogenated alkanes) is 6. The Morgan fingerprint density at radius 1 is 0.968 bits per heavy atom. The summed E-state index contributed by atoms with van der Waals surface area (Å²) in [6.07, 6.45) is 11.9. The highest BCUT2D eigenvalue weighted by molar-refractivity contribution is 6.74. The van der Waals surface area contributed by atoms with Crippen LogP contribution < -0.4 is 0 Å². The third kappa shape index (κ3) is 8.82. The normalized spacial score (nSPS) is 27.8. The predicted molar refractivity (Wildman–Crippen MR) is 131 cm³/mol. The van der Waals surface area contributed by atoms with E-state index in [2.05, 4.69) is 52.6 Å². The maximum Gasteiger partial charge on any atom is 0.192 e. The van der Waals surface area contributed by atoms with Crippen LogP contribution in [0.4, 0.5) is 0 Å². The van der Waals surface area contributed by atoms with E-state index in [4.69, 9.17) is 13.9 Å². The highest BCUT2D eigenvalue weighted by atomic mass is 28.4. The van der Waals surface area contributed by atoms with Gasteiger partial charge in [-0.2, -0.15) is 0 Å². The minimum absolute atomic E-state index is 0.0814. The lowest BCUT2D eigenvalue weighted by Gasteiger charge is -2.37. The lowest BCUT2D eigenvalue weighted by molar-refractivity contribution is -0.0881. The van der Waals surface area contributed by atoms with Gasteiger partial charge in [0.2, 0.25) is 0 Å². The van der Waals surface area contributed by atoms with E-state index in [-0.39, 0.29) is 29.5 Å². The summed E-state index contributed by atoms with van der Waals surface area (Å²) in [5.41, 5.74) is 0. The van der Waals surface area contributed by atoms with Gasteiger partial charge in [0.1, 0.15) is 6.10 Å². The molecule has 0 aromatic carbocycles. The van der Waals surface area contributed by atoms with Crippen molar-refractivity contribution in [3.05, 3.63) is 0 Å². The van der Waals surface area contributed by atoms with Crippen LogP contribution in [0, 0.1) is 11.8 Å². The molecule has 0 saturated carbocycles. The minimum Gasteiger partial charge on any atom is -0.414 e. The van der Waals surface area contributed by atoms with E-state index in [1.807, 2.05) is 0 Å². The molecule has 4 nitrogen and oxygen atoms in total. The first kappa shape index (κ1) is 26.9. The van der Waals surface area contributed by atoms with E-state index in [0.29, 0.717) is 6.61 Å².